The Morgan fingerprint density at radius 3 is 2.24 bits per heavy atom. The average Bonchev–Trinajstić information content (AvgIpc) is 2.60. The first-order chi connectivity index (χ1) is 7.59. The molecule has 0 spiro atoms. The zero-order valence-corrected chi connectivity index (χ0v) is 13.2. The quantitative estimate of drug-likeness (QED) is 0.617. The number of hydrogen-bond acceptors (Lipinski definition) is 1. The minimum absolute atomic E-state index is 0. The van der Waals surface area contributed by atoms with Crippen molar-refractivity contribution >= 4 is 5.78 Å². The maximum Gasteiger partial charge on any atom is 0.105 e. The van der Waals surface area contributed by atoms with Crippen LogP contribution >= 0.6 is 0 Å². The molecule has 1 aromatic heterocycles. The minimum atomic E-state index is 0. The van der Waals surface area contributed by atoms with E-state index in [0.717, 1.165) is 11.3 Å². The van der Waals surface area contributed by atoms with E-state index >= 15 is 0 Å². The number of ketones is 1. The Bertz CT molecular complexity index is 526. The summed E-state index contributed by atoms with van der Waals surface area (Å²) in [6.07, 6.45) is 0. The first kappa shape index (κ1) is 14.3. The third-order valence-corrected chi connectivity index (χ3v) is 2.81. The van der Waals surface area contributed by atoms with E-state index in [-0.39, 0.29) is 38.5 Å². The summed E-state index contributed by atoms with van der Waals surface area (Å²) in [5.41, 5.74) is 3.52. The Morgan fingerprint density at radius 1 is 1.18 bits per heavy atom. The molecule has 0 N–H and O–H groups in total. The number of benzene rings is 1. The van der Waals surface area contributed by atoms with Gasteiger partial charge < -0.3 is 9.36 Å². The monoisotopic (exact) mass is 301 g/mol. The number of aryl methyl sites for hydroxylation is 2. The van der Waals surface area contributed by atoms with Crippen LogP contribution in [0.5, 0.6) is 0 Å². The standard InChI is InChI=1S/C14H14NO.Y/c1-10-4-7-12(8-5-10)14(16)13-9-6-11(2)15(13)3;/h4-8H,1-3H3;/q-1;. The van der Waals surface area contributed by atoms with E-state index in [4.69, 9.17) is 0 Å². The smallest absolute Gasteiger partial charge is 0.105 e. The molecule has 0 fully saturated rings. The van der Waals surface area contributed by atoms with Gasteiger partial charge in [0.05, 0.1) is 0 Å². The molecule has 17 heavy (non-hydrogen) atoms. The summed E-state index contributed by atoms with van der Waals surface area (Å²) in [6.45, 7) is 3.97. The van der Waals surface area contributed by atoms with Crippen molar-refractivity contribution in [2.24, 2.45) is 7.05 Å². The fraction of sp³-hybridized carbons (Fsp3) is 0.214. The summed E-state index contributed by atoms with van der Waals surface area (Å²) < 4.78 is 1.86. The fourth-order valence-corrected chi connectivity index (χ4v) is 1.60. The van der Waals surface area contributed by atoms with Crippen LogP contribution in [0.4, 0.5) is 0 Å². The number of carbonyl (C=O) groups excluding carboxylic acids is 1. The second kappa shape index (κ2) is 5.75. The maximum absolute atomic E-state index is 12.1. The molecule has 0 saturated heterocycles. The third kappa shape index (κ3) is 2.94. The number of rotatable bonds is 2. The topological polar surface area (TPSA) is 22.0 Å². The summed E-state index contributed by atoms with van der Waals surface area (Å²) in [5.74, 6) is 0.0237. The normalized spacial score (nSPS) is 9.82. The molecular formula is C14H14NOY-. The Labute approximate surface area is 127 Å². The van der Waals surface area contributed by atoms with Gasteiger partial charge >= 0.3 is 0 Å². The van der Waals surface area contributed by atoms with Gasteiger partial charge in [0.2, 0.25) is 0 Å². The molecule has 85 valence electrons. The van der Waals surface area contributed by atoms with Crippen LogP contribution in [0.2, 0.25) is 0 Å². The van der Waals surface area contributed by atoms with Crippen molar-refractivity contribution < 1.29 is 37.5 Å². The van der Waals surface area contributed by atoms with E-state index in [1.54, 1.807) is 0 Å². The Hall–Kier alpha value is -0.726. The second-order valence-electron chi connectivity index (χ2n) is 4.03. The van der Waals surface area contributed by atoms with Crippen molar-refractivity contribution in [1.82, 2.24) is 4.57 Å². The van der Waals surface area contributed by atoms with Crippen molar-refractivity contribution in [3.8, 4) is 0 Å². The molecule has 0 aliphatic rings. The molecule has 1 aromatic carbocycles. The zero-order chi connectivity index (χ0) is 11.7. The summed E-state index contributed by atoms with van der Waals surface area (Å²) in [5, 5.41) is 0. The molecular weight excluding hydrogens is 287 g/mol. The summed E-state index contributed by atoms with van der Waals surface area (Å²) in [4.78, 5) is 12.1. The van der Waals surface area contributed by atoms with Gasteiger partial charge in [-0.2, -0.15) is 12.1 Å². The molecule has 3 heteroatoms. The number of aromatic nitrogens is 1. The molecule has 0 aliphatic carbocycles. The molecule has 0 saturated carbocycles. The summed E-state index contributed by atoms with van der Waals surface area (Å²) in [7, 11) is 1.88. The molecule has 0 unspecified atom stereocenters. The molecule has 1 heterocycles. The van der Waals surface area contributed by atoms with Gasteiger partial charge in [0.25, 0.3) is 0 Å². The average molecular weight is 301 g/mol. The Morgan fingerprint density at radius 2 is 1.76 bits per heavy atom. The van der Waals surface area contributed by atoms with Crippen LogP contribution in [0.1, 0.15) is 27.3 Å². The van der Waals surface area contributed by atoms with E-state index in [0.29, 0.717) is 11.3 Å². The number of hydrogen-bond donors (Lipinski definition) is 0. The van der Waals surface area contributed by atoms with Crippen LogP contribution in [0.3, 0.4) is 0 Å². The van der Waals surface area contributed by atoms with Crippen LogP contribution in [0.25, 0.3) is 0 Å². The van der Waals surface area contributed by atoms with Crippen molar-refractivity contribution in [3.63, 3.8) is 0 Å². The van der Waals surface area contributed by atoms with Crippen molar-refractivity contribution in [2.75, 3.05) is 0 Å². The zero-order valence-electron chi connectivity index (χ0n) is 10.3. The number of nitrogens with zero attached hydrogens (tertiary/aromatic N) is 1. The maximum atomic E-state index is 12.1. The van der Waals surface area contributed by atoms with Crippen molar-refractivity contribution in [2.45, 2.75) is 13.8 Å². The first-order valence-electron chi connectivity index (χ1n) is 5.25. The van der Waals surface area contributed by atoms with E-state index in [1.165, 1.54) is 0 Å². The van der Waals surface area contributed by atoms with Crippen LogP contribution in [0.15, 0.2) is 30.3 Å². The van der Waals surface area contributed by atoms with E-state index in [2.05, 4.69) is 6.07 Å². The molecule has 2 nitrogen and oxygen atoms in total. The molecule has 0 aliphatic heterocycles. The van der Waals surface area contributed by atoms with Crippen molar-refractivity contribution in [3.05, 3.63) is 58.9 Å². The van der Waals surface area contributed by atoms with Gasteiger partial charge in [0, 0.05) is 32.7 Å². The molecule has 0 atom stereocenters. The van der Waals surface area contributed by atoms with Gasteiger partial charge in [-0.3, -0.25) is 0 Å². The Kier molecular flexibility index (Phi) is 4.84. The predicted molar refractivity (Wildman–Crippen MR) is 63.6 cm³/mol. The van der Waals surface area contributed by atoms with Crippen LogP contribution in [-0.2, 0) is 39.8 Å². The Balaban J connectivity index is 0.00000144. The van der Waals surface area contributed by atoms with Crippen LogP contribution in [0, 0.1) is 19.9 Å². The predicted octanol–water partition coefficient (Wildman–Crippen LogP) is 2.67. The second-order valence-corrected chi connectivity index (χ2v) is 4.03. The fourth-order valence-electron chi connectivity index (χ4n) is 1.60. The SMILES string of the molecule is Cc1ccc(C(=O)c2[c-]cc(C)n2C)cc1.[Y]. The van der Waals surface area contributed by atoms with Crippen LogP contribution in [-0.4, -0.2) is 10.4 Å². The van der Waals surface area contributed by atoms with Gasteiger partial charge in [0.1, 0.15) is 5.78 Å². The first-order valence-corrected chi connectivity index (χ1v) is 5.25. The van der Waals surface area contributed by atoms with E-state index < -0.39 is 0 Å². The van der Waals surface area contributed by atoms with Crippen LogP contribution < -0.4 is 0 Å². The third-order valence-electron chi connectivity index (χ3n) is 2.81. The van der Waals surface area contributed by atoms with Gasteiger partial charge in [-0.25, -0.2) is 0 Å². The molecule has 2 rings (SSSR count). The molecule has 0 amide bonds. The van der Waals surface area contributed by atoms with Gasteiger partial charge in [0.15, 0.2) is 0 Å². The van der Waals surface area contributed by atoms with Gasteiger partial charge in [-0.05, 0) is 25.2 Å². The molecule has 1 radical (unpaired) electrons. The summed E-state index contributed by atoms with van der Waals surface area (Å²) >= 11 is 0. The van der Waals surface area contributed by atoms with Crippen molar-refractivity contribution in [1.29, 1.82) is 0 Å². The summed E-state index contributed by atoms with van der Waals surface area (Å²) in [6, 6.07) is 12.4. The molecule has 2 aromatic rings. The van der Waals surface area contributed by atoms with E-state index in [1.807, 2.05) is 55.8 Å². The number of carbonyl (C=O) groups is 1. The minimum Gasteiger partial charge on any atom is -0.418 e. The van der Waals surface area contributed by atoms with Gasteiger partial charge in [-0.15, -0.1) is 0 Å². The largest absolute Gasteiger partial charge is 0.418 e. The van der Waals surface area contributed by atoms with E-state index in [9.17, 15) is 4.79 Å². The molecule has 0 bridgehead atoms. The van der Waals surface area contributed by atoms with Gasteiger partial charge in [-0.1, -0.05) is 42.4 Å².